The number of hydrogen-bond acceptors (Lipinski definition) is 3. The molecule has 0 aliphatic carbocycles. The van der Waals surface area contributed by atoms with E-state index in [2.05, 4.69) is 4.74 Å². The largest absolute Gasteiger partial charge is 0.433 e. The molecular weight excluding hydrogens is 132 g/mol. The number of carbonyl (C=O) groups excluding carboxylic acids is 1. The first kappa shape index (κ1) is 7.54. The van der Waals surface area contributed by atoms with E-state index < -0.39 is 5.79 Å². The maximum atomic E-state index is 10.8. The Morgan fingerprint density at radius 3 is 2.20 bits per heavy atom. The van der Waals surface area contributed by atoms with Crippen LogP contribution in [-0.2, 0) is 9.53 Å². The van der Waals surface area contributed by atoms with Gasteiger partial charge in [-0.3, -0.25) is 4.79 Å². The van der Waals surface area contributed by atoms with Crippen LogP contribution in [-0.4, -0.2) is 16.9 Å². The number of cyclic esters (lactones) is 1. The van der Waals surface area contributed by atoms with E-state index in [9.17, 15) is 9.90 Å². The number of ether oxygens (including phenoxy) is 1. The summed E-state index contributed by atoms with van der Waals surface area (Å²) >= 11 is 0. The van der Waals surface area contributed by atoms with Crippen molar-refractivity contribution in [2.75, 3.05) is 0 Å². The predicted molar refractivity (Wildman–Crippen MR) is 35.0 cm³/mol. The molecule has 0 amide bonds. The number of carbonyl (C=O) groups is 1. The van der Waals surface area contributed by atoms with Gasteiger partial charge in [-0.15, -0.1) is 0 Å². The quantitative estimate of drug-likeness (QED) is 0.504. The minimum Gasteiger partial charge on any atom is -0.433 e. The van der Waals surface area contributed by atoms with Gasteiger partial charge >= 0.3 is 5.97 Å². The van der Waals surface area contributed by atoms with Gasteiger partial charge in [0.1, 0.15) is 0 Å². The van der Waals surface area contributed by atoms with Crippen LogP contribution in [0.4, 0.5) is 0 Å². The molecule has 0 bridgehead atoms. The summed E-state index contributed by atoms with van der Waals surface area (Å²) in [6.45, 7) is 5.07. The molecule has 0 saturated carbocycles. The van der Waals surface area contributed by atoms with E-state index in [1.807, 2.05) is 0 Å². The lowest BCUT2D eigenvalue weighted by molar-refractivity contribution is -0.190. The average Bonchev–Trinajstić information content (AvgIpc) is 1.95. The van der Waals surface area contributed by atoms with Crippen LogP contribution >= 0.6 is 0 Å². The third kappa shape index (κ3) is 0.904. The van der Waals surface area contributed by atoms with Crippen LogP contribution in [0.15, 0.2) is 0 Å². The van der Waals surface area contributed by atoms with Gasteiger partial charge in [-0.1, -0.05) is 13.8 Å². The average molecular weight is 144 g/mol. The Kier molecular flexibility index (Phi) is 1.47. The third-order valence-corrected chi connectivity index (χ3v) is 2.27. The van der Waals surface area contributed by atoms with E-state index in [0.29, 0.717) is 0 Å². The molecule has 1 aliphatic heterocycles. The predicted octanol–water partition coefficient (Wildman–Crippen LogP) is 0.524. The van der Waals surface area contributed by atoms with E-state index in [1.54, 1.807) is 13.8 Å². The van der Waals surface area contributed by atoms with Crippen molar-refractivity contribution in [3.8, 4) is 0 Å². The molecule has 58 valence electrons. The summed E-state index contributed by atoms with van der Waals surface area (Å²) in [5, 5.41) is 9.36. The Morgan fingerprint density at radius 2 is 2.10 bits per heavy atom. The van der Waals surface area contributed by atoms with Gasteiger partial charge in [0.15, 0.2) is 0 Å². The molecule has 3 nitrogen and oxygen atoms in total. The number of rotatable bonds is 0. The van der Waals surface area contributed by atoms with Gasteiger partial charge in [0, 0.05) is 12.8 Å². The molecule has 0 aromatic carbocycles. The van der Waals surface area contributed by atoms with Gasteiger partial charge in [0.05, 0.1) is 5.92 Å². The Hall–Kier alpha value is -0.570. The fraction of sp³-hybridized carbons (Fsp3) is 0.857. The summed E-state index contributed by atoms with van der Waals surface area (Å²) in [5.41, 5.74) is 0. The summed E-state index contributed by atoms with van der Waals surface area (Å²) in [7, 11) is 0. The van der Waals surface area contributed by atoms with Crippen molar-refractivity contribution in [2.24, 2.45) is 11.8 Å². The van der Waals surface area contributed by atoms with E-state index in [1.165, 1.54) is 6.92 Å². The van der Waals surface area contributed by atoms with Crippen LogP contribution in [0.25, 0.3) is 0 Å². The van der Waals surface area contributed by atoms with Crippen molar-refractivity contribution in [3.63, 3.8) is 0 Å². The summed E-state index contributed by atoms with van der Waals surface area (Å²) in [5.74, 6) is -1.86. The maximum Gasteiger partial charge on any atom is 0.311 e. The number of aliphatic hydroxyl groups is 1. The van der Waals surface area contributed by atoms with Crippen molar-refractivity contribution in [1.82, 2.24) is 0 Å². The number of hydrogen-bond donors (Lipinski definition) is 1. The van der Waals surface area contributed by atoms with Gasteiger partial charge in [-0.25, -0.2) is 0 Å². The first-order chi connectivity index (χ1) is 4.45. The molecular formula is C7H12O3. The highest BCUT2D eigenvalue weighted by atomic mass is 16.7. The van der Waals surface area contributed by atoms with Crippen LogP contribution in [0, 0.1) is 11.8 Å². The fourth-order valence-corrected chi connectivity index (χ4v) is 1.06. The Labute approximate surface area is 60.0 Å². The maximum absolute atomic E-state index is 10.8. The zero-order valence-electron chi connectivity index (χ0n) is 6.42. The van der Waals surface area contributed by atoms with Gasteiger partial charge in [0.2, 0.25) is 5.79 Å². The van der Waals surface area contributed by atoms with E-state index in [4.69, 9.17) is 0 Å². The summed E-state index contributed by atoms with van der Waals surface area (Å²) in [4.78, 5) is 10.8. The molecule has 1 rings (SSSR count). The topological polar surface area (TPSA) is 46.5 Å². The SMILES string of the molecule is C[C@H]1C(=O)O[C@](C)(O)[C@H]1C. The van der Waals surface area contributed by atoms with Crippen molar-refractivity contribution in [2.45, 2.75) is 26.6 Å². The second-order valence-electron chi connectivity index (χ2n) is 3.05. The zero-order valence-corrected chi connectivity index (χ0v) is 6.42. The van der Waals surface area contributed by atoms with Crippen molar-refractivity contribution < 1.29 is 14.6 Å². The Bertz CT molecular complexity index is 162. The lowest BCUT2D eigenvalue weighted by atomic mass is 9.93. The molecule has 1 aliphatic rings. The van der Waals surface area contributed by atoms with Gasteiger partial charge in [-0.05, 0) is 0 Å². The molecule has 1 heterocycles. The van der Waals surface area contributed by atoms with Crippen molar-refractivity contribution in [1.29, 1.82) is 0 Å². The molecule has 0 unspecified atom stereocenters. The molecule has 0 aromatic rings. The standard InChI is InChI=1S/C7H12O3/c1-4-5(2)7(3,9)10-6(4)8/h4-5,9H,1-3H3/t4-,5+,7+/m1/s1. The lowest BCUT2D eigenvalue weighted by Crippen LogP contribution is -2.30. The molecule has 1 saturated heterocycles. The molecule has 3 atom stereocenters. The fourth-order valence-electron chi connectivity index (χ4n) is 1.06. The van der Waals surface area contributed by atoms with Crippen molar-refractivity contribution in [3.05, 3.63) is 0 Å². The van der Waals surface area contributed by atoms with Gasteiger partial charge in [-0.2, -0.15) is 0 Å². The number of esters is 1. The minimum absolute atomic E-state index is 0.111. The molecule has 1 N–H and O–H groups in total. The van der Waals surface area contributed by atoms with Crippen LogP contribution in [0.2, 0.25) is 0 Å². The van der Waals surface area contributed by atoms with Crippen molar-refractivity contribution >= 4 is 5.97 Å². The van der Waals surface area contributed by atoms with E-state index in [-0.39, 0.29) is 17.8 Å². The third-order valence-electron chi connectivity index (χ3n) is 2.27. The first-order valence-electron chi connectivity index (χ1n) is 3.40. The Morgan fingerprint density at radius 1 is 1.60 bits per heavy atom. The lowest BCUT2D eigenvalue weighted by Gasteiger charge is -2.19. The van der Waals surface area contributed by atoms with Gasteiger partial charge < -0.3 is 9.84 Å². The molecule has 1 fully saturated rings. The first-order valence-corrected chi connectivity index (χ1v) is 3.40. The second-order valence-corrected chi connectivity index (χ2v) is 3.05. The van der Waals surface area contributed by atoms with Gasteiger partial charge in [0.25, 0.3) is 0 Å². The van der Waals surface area contributed by atoms with Crippen LogP contribution in [0.3, 0.4) is 0 Å². The summed E-state index contributed by atoms with van der Waals surface area (Å²) < 4.78 is 4.69. The minimum atomic E-state index is -1.25. The zero-order chi connectivity index (χ0) is 7.94. The van der Waals surface area contributed by atoms with Crippen LogP contribution < -0.4 is 0 Å². The highest BCUT2D eigenvalue weighted by molar-refractivity contribution is 5.75. The second kappa shape index (κ2) is 1.95. The Balaban J connectivity index is 2.81. The summed E-state index contributed by atoms with van der Waals surface area (Å²) in [6, 6.07) is 0. The molecule has 0 radical (unpaired) electrons. The van der Waals surface area contributed by atoms with Crippen LogP contribution in [0.5, 0.6) is 0 Å². The summed E-state index contributed by atoms with van der Waals surface area (Å²) in [6.07, 6.45) is 0. The molecule has 3 heteroatoms. The highest BCUT2D eigenvalue weighted by Crippen LogP contribution is 2.34. The molecule has 0 aromatic heterocycles. The van der Waals surface area contributed by atoms with E-state index >= 15 is 0 Å². The molecule has 10 heavy (non-hydrogen) atoms. The highest BCUT2D eigenvalue weighted by Gasteiger charge is 2.46. The molecule has 0 spiro atoms. The van der Waals surface area contributed by atoms with Crippen LogP contribution in [0.1, 0.15) is 20.8 Å². The smallest absolute Gasteiger partial charge is 0.311 e. The monoisotopic (exact) mass is 144 g/mol. The normalized spacial score (nSPS) is 47.4. The van der Waals surface area contributed by atoms with E-state index in [0.717, 1.165) is 0 Å².